The summed E-state index contributed by atoms with van der Waals surface area (Å²) in [6.07, 6.45) is 1.09. The number of benzene rings is 1. The molecule has 5 heteroatoms. The smallest absolute Gasteiger partial charge is 0.223 e. The molecule has 0 saturated carbocycles. The fourth-order valence-corrected chi connectivity index (χ4v) is 2.52. The molecule has 0 radical (unpaired) electrons. The maximum atomic E-state index is 12.2. The van der Waals surface area contributed by atoms with Crippen molar-refractivity contribution >= 4 is 17.5 Å². The Morgan fingerprint density at radius 2 is 2.35 bits per heavy atom. The average molecular weight is 298 g/mol. The van der Waals surface area contributed by atoms with Gasteiger partial charge in [0.15, 0.2) is 0 Å². The predicted octanol–water partition coefficient (Wildman–Crippen LogP) is 1.80. The van der Waals surface area contributed by atoms with Gasteiger partial charge < -0.3 is 14.7 Å². The molecule has 0 spiro atoms. The first-order valence-electron chi connectivity index (χ1n) is 6.85. The van der Waals surface area contributed by atoms with Gasteiger partial charge in [0.25, 0.3) is 0 Å². The molecule has 20 heavy (non-hydrogen) atoms. The number of carbonyl (C=O) groups is 1. The van der Waals surface area contributed by atoms with Crippen molar-refractivity contribution in [3.05, 3.63) is 34.3 Å². The van der Waals surface area contributed by atoms with Crippen LogP contribution in [0.4, 0.5) is 0 Å². The van der Waals surface area contributed by atoms with Crippen molar-refractivity contribution in [1.29, 1.82) is 0 Å². The van der Waals surface area contributed by atoms with Gasteiger partial charge in [0.1, 0.15) is 0 Å². The summed E-state index contributed by atoms with van der Waals surface area (Å²) >= 11 is 6.08. The van der Waals surface area contributed by atoms with Gasteiger partial charge in [-0.15, -0.1) is 0 Å². The van der Waals surface area contributed by atoms with Crippen molar-refractivity contribution in [2.45, 2.75) is 25.8 Å². The first-order valence-corrected chi connectivity index (χ1v) is 7.22. The summed E-state index contributed by atoms with van der Waals surface area (Å²) < 4.78 is 5.27. The SMILES string of the molecule is Cc1ccc(CCC(=O)N2CCOCC2CO)cc1Cl. The quantitative estimate of drug-likeness (QED) is 0.922. The summed E-state index contributed by atoms with van der Waals surface area (Å²) in [6.45, 7) is 3.41. The molecule has 0 aromatic heterocycles. The van der Waals surface area contributed by atoms with Gasteiger partial charge in [0.05, 0.1) is 25.9 Å². The third-order valence-electron chi connectivity index (χ3n) is 3.62. The minimum Gasteiger partial charge on any atom is -0.394 e. The molecule has 110 valence electrons. The van der Waals surface area contributed by atoms with Crippen LogP contribution in [0.1, 0.15) is 17.5 Å². The van der Waals surface area contributed by atoms with Crippen LogP contribution in [0, 0.1) is 6.92 Å². The number of amides is 1. The lowest BCUT2D eigenvalue weighted by Crippen LogP contribution is -2.50. The molecular formula is C15H20ClNO3. The average Bonchev–Trinajstić information content (AvgIpc) is 2.48. The number of aliphatic hydroxyl groups is 1. The molecule has 1 atom stereocenters. The van der Waals surface area contributed by atoms with Gasteiger partial charge in [-0.05, 0) is 30.5 Å². The monoisotopic (exact) mass is 297 g/mol. The Morgan fingerprint density at radius 1 is 1.55 bits per heavy atom. The summed E-state index contributed by atoms with van der Waals surface area (Å²) in [5, 5.41) is 10.0. The normalized spacial score (nSPS) is 19.1. The van der Waals surface area contributed by atoms with E-state index in [-0.39, 0.29) is 18.6 Å². The van der Waals surface area contributed by atoms with E-state index in [0.29, 0.717) is 32.6 Å². The number of carbonyl (C=O) groups excluding carboxylic acids is 1. The number of morpholine rings is 1. The zero-order valence-corrected chi connectivity index (χ0v) is 12.4. The van der Waals surface area contributed by atoms with Crippen LogP contribution in [0.15, 0.2) is 18.2 Å². The molecule has 0 aliphatic carbocycles. The van der Waals surface area contributed by atoms with E-state index in [4.69, 9.17) is 16.3 Å². The Balaban J connectivity index is 1.92. The minimum absolute atomic E-state index is 0.0535. The molecule has 4 nitrogen and oxygen atoms in total. The van der Waals surface area contributed by atoms with Crippen molar-refractivity contribution in [1.82, 2.24) is 4.90 Å². The van der Waals surface area contributed by atoms with Crippen molar-refractivity contribution in [2.75, 3.05) is 26.4 Å². The number of hydrogen-bond acceptors (Lipinski definition) is 3. The summed E-state index contributed by atoms with van der Waals surface area (Å²) in [4.78, 5) is 13.9. The number of rotatable bonds is 4. The van der Waals surface area contributed by atoms with E-state index in [1.165, 1.54) is 0 Å². The molecule has 1 unspecified atom stereocenters. The van der Waals surface area contributed by atoms with Crippen LogP contribution in [0.2, 0.25) is 5.02 Å². The lowest BCUT2D eigenvalue weighted by Gasteiger charge is -2.34. The zero-order chi connectivity index (χ0) is 14.5. The number of hydrogen-bond donors (Lipinski definition) is 1. The number of ether oxygens (including phenoxy) is 1. The van der Waals surface area contributed by atoms with Gasteiger partial charge in [-0.25, -0.2) is 0 Å². The van der Waals surface area contributed by atoms with Gasteiger partial charge in [-0.2, -0.15) is 0 Å². The topological polar surface area (TPSA) is 49.8 Å². The lowest BCUT2D eigenvalue weighted by atomic mass is 10.1. The number of aryl methyl sites for hydroxylation is 2. The molecule has 1 aliphatic heterocycles. The maximum Gasteiger partial charge on any atom is 0.223 e. The van der Waals surface area contributed by atoms with Crippen LogP contribution < -0.4 is 0 Å². The van der Waals surface area contributed by atoms with Gasteiger partial charge in [-0.3, -0.25) is 4.79 Å². The van der Waals surface area contributed by atoms with E-state index in [0.717, 1.165) is 16.1 Å². The van der Waals surface area contributed by atoms with E-state index in [1.807, 2.05) is 25.1 Å². The summed E-state index contributed by atoms with van der Waals surface area (Å²) in [7, 11) is 0. The zero-order valence-electron chi connectivity index (χ0n) is 11.6. The Morgan fingerprint density at radius 3 is 3.05 bits per heavy atom. The van der Waals surface area contributed by atoms with Crippen molar-refractivity contribution in [3.8, 4) is 0 Å². The molecule has 1 aromatic rings. The Labute approximate surface area is 124 Å². The van der Waals surface area contributed by atoms with Crippen molar-refractivity contribution < 1.29 is 14.6 Å². The molecule has 0 bridgehead atoms. The highest BCUT2D eigenvalue weighted by atomic mass is 35.5. The van der Waals surface area contributed by atoms with Gasteiger partial charge in [0.2, 0.25) is 5.91 Å². The van der Waals surface area contributed by atoms with Crippen molar-refractivity contribution in [2.24, 2.45) is 0 Å². The van der Waals surface area contributed by atoms with Gasteiger partial charge in [-0.1, -0.05) is 23.7 Å². The Bertz CT molecular complexity index is 478. The summed E-state index contributed by atoms with van der Waals surface area (Å²) in [6, 6.07) is 5.66. The van der Waals surface area contributed by atoms with Gasteiger partial charge >= 0.3 is 0 Å². The van der Waals surface area contributed by atoms with Crippen LogP contribution in [0.25, 0.3) is 0 Å². The second kappa shape index (κ2) is 7.07. The van der Waals surface area contributed by atoms with Crippen LogP contribution in [0.3, 0.4) is 0 Å². The summed E-state index contributed by atoms with van der Waals surface area (Å²) in [5.41, 5.74) is 2.10. The molecule has 1 aliphatic rings. The molecule has 1 amide bonds. The fourth-order valence-electron chi connectivity index (χ4n) is 2.32. The van der Waals surface area contributed by atoms with E-state index in [9.17, 15) is 9.90 Å². The van der Waals surface area contributed by atoms with E-state index in [2.05, 4.69) is 0 Å². The highest BCUT2D eigenvalue weighted by Crippen LogP contribution is 2.18. The van der Waals surface area contributed by atoms with Crippen LogP contribution in [-0.2, 0) is 16.0 Å². The highest BCUT2D eigenvalue weighted by Gasteiger charge is 2.26. The Hall–Kier alpha value is -1.10. The van der Waals surface area contributed by atoms with Crippen LogP contribution >= 0.6 is 11.6 Å². The maximum absolute atomic E-state index is 12.2. The van der Waals surface area contributed by atoms with Crippen LogP contribution in [-0.4, -0.2) is 48.3 Å². The van der Waals surface area contributed by atoms with E-state index >= 15 is 0 Å². The molecule has 1 aromatic carbocycles. The third-order valence-corrected chi connectivity index (χ3v) is 4.03. The largest absolute Gasteiger partial charge is 0.394 e. The van der Waals surface area contributed by atoms with E-state index in [1.54, 1.807) is 4.90 Å². The summed E-state index contributed by atoms with van der Waals surface area (Å²) in [5.74, 6) is 0.0593. The predicted molar refractivity (Wildman–Crippen MR) is 77.9 cm³/mol. The second-order valence-corrected chi connectivity index (χ2v) is 5.49. The van der Waals surface area contributed by atoms with Crippen LogP contribution in [0.5, 0.6) is 0 Å². The Kier molecular flexibility index (Phi) is 5.40. The molecule has 1 N–H and O–H groups in total. The minimum atomic E-state index is -0.210. The molecule has 1 saturated heterocycles. The molecule has 1 fully saturated rings. The van der Waals surface area contributed by atoms with Gasteiger partial charge in [0, 0.05) is 18.0 Å². The standard InChI is InChI=1S/C15H20ClNO3/c1-11-2-3-12(8-14(11)16)4-5-15(19)17-6-7-20-10-13(17)9-18/h2-3,8,13,18H,4-7,9-10H2,1H3. The van der Waals surface area contributed by atoms with Crippen molar-refractivity contribution in [3.63, 3.8) is 0 Å². The first-order chi connectivity index (χ1) is 9.61. The number of nitrogens with zero attached hydrogens (tertiary/aromatic N) is 1. The lowest BCUT2D eigenvalue weighted by molar-refractivity contribution is -0.141. The fraction of sp³-hybridized carbons (Fsp3) is 0.533. The third kappa shape index (κ3) is 3.72. The molecule has 1 heterocycles. The first kappa shape index (κ1) is 15.3. The highest BCUT2D eigenvalue weighted by molar-refractivity contribution is 6.31. The van der Waals surface area contributed by atoms with E-state index < -0.39 is 0 Å². The number of aliphatic hydroxyl groups excluding tert-OH is 1. The second-order valence-electron chi connectivity index (χ2n) is 5.08. The molecule has 2 rings (SSSR count). The number of halogens is 1. The molecular weight excluding hydrogens is 278 g/mol.